The standard InChI is InChI=1S/C28H35N3O3/c1-5-23-27-22(16-28(2,3)17-25(27)32)30-21-8-6-7-9-24(21)31(23)18-26(33)29-15-14-19-10-12-20(34-4)13-11-19/h6-13,23,30H,5,14-18H2,1-4H3,(H,29,33). The Morgan fingerprint density at radius 3 is 2.59 bits per heavy atom. The van der Waals surface area contributed by atoms with Gasteiger partial charge in [0.1, 0.15) is 5.75 Å². The van der Waals surface area contributed by atoms with Gasteiger partial charge in [-0.25, -0.2) is 0 Å². The number of hydrogen-bond donors (Lipinski definition) is 2. The number of hydrogen-bond acceptors (Lipinski definition) is 5. The van der Waals surface area contributed by atoms with Crippen LogP contribution in [0, 0.1) is 5.41 Å². The average Bonchev–Trinajstić information content (AvgIpc) is 2.93. The second-order valence-corrected chi connectivity index (χ2v) is 9.98. The summed E-state index contributed by atoms with van der Waals surface area (Å²) in [5, 5.41) is 6.63. The maximum absolute atomic E-state index is 13.3. The van der Waals surface area contributed by atoms with Crippen LogP contribution in [0.1, 0.15) is 45.6 Å². The number of para-hydroxylation sites is 2. The Kier molecular flexibility index (Phi) is 6.96. The number of ketones is 1. The van der Waals surface area contributed by atoms with Gasteiger partial charge in [0.25, 0.3) is 0 Å². The Labute approximate surface area is 202 Å². The second-order valence-electron chi connectivity index (χ2n) is 9.98. The van der Waals surface area contributed by atoms with E-state index < -0.39 is 0 Å². The first-order chi connectivity index (χ1) is 16.3. The Morgan fingerprint density at radius 2 is 1.88 bits per heavy atom. The molecule has 4 rings (SSSR count). The molecular formula is C28H35N3O3. The molecule has 1 aliphatic heterocycles. The predicted molar refractivity (Wildman–Crippen MR) is 136 cm³/mol. The van der Waals surface area contributed by atoms with Crippen LogP contribution in [-0.4, -0.2) is 37.9 Å². The first-order valence-corrected chi connectivity index (χ1v) is 12.1. The number of methoxy groups -OCH3 is 1. The van der Waals surface area contributed by atoms with Gasteiger partial charge in [-0.1, -0.05) is 45.0 Å². The van der Waals surface area contributed by atoms with Crippen molar-refractivity contribution in [2.24, 2.45) is 5.41 Å². The molecule has 1 unspecified atom stereocenters. The zero-order valence-corrected chi connectivity index (χ0v) is 20.6. The Morgan fingerprint density at radius 1 is 1.15 bits per heavy atom. The Bertz CT molecular complexity index is 1090. The lowest BCUT2D eigenvalue weighted by Crippen LogP contribution is -2.46. The van der Waals surface area contributed by atoms with Crippen LogP contribution in [0.15, 0.2) is 59.8 Å². The van der Waals surface area contributed by atoms with Crippen molar-refractivity contribution in [2.75, 3.05) is 30.4 Å². The molecule has 180 valence electrons. The fraction of sp³-hybridized carbons (Fsp3) is 0.429. The highest BCUT2D eigenvalue weighted by Crippen LogP contribution is 2.44. The SMILES string of the molecule is CCC1C2=C(CC(C)(C)CC2=O)Nc2ccccc2N1CC(=O)NCCc1ccc(OC)cc1. The number of carbonyl (C=O) groups is 2. The lowest BCUT2D eigenvalue weighted by atomic mass is 9.74. The smallest absolute Gasteiger partial charge is 0.239 e. The van der Waals surface area contributed by atoms with Crippen molar-refractivity contribution >= 4 is 23.1 Å². The molecule has 2 aromatic rings. The van der Waals surface area contributed by atoms with Crippen LogP contribution < -0.4 is 20.3 Å². The molecule has 34 heavy (non-hydrogen) atoms. The minimum absolute atomic E-state index is 0.0468. The molecule has 0 saturated carbocycles. The maximum Gasteiger partial charge on any atom is 0.239 e. The van der Waals surface area contributed by atoms with E-state index in [9.17, 15) is 9.59 Å². The van der Waals surface area contributed by atoms with Gasteiger partial charge < -0.3 is 20.3 Å². The van der Waals surface area contributed by atoms with Crippen molar-refractivity contribution in [1.29, 1.82) is 0 Å². The minimum atomic E-state index is -0.137. The fourth-order valence-corrected chi connectivity index (χ4v) is 5.12. The maximum atomic E-state index is 13.3. The van der Waals surface area contributed by atoms with Gasteiger partial charge in [0.2, 0.25) is 5.91 Å². The summed E-state index contributed by atoms with van der Waals surface area (Å²) in [6.07, 6.45) is 2.84. The summed E-state index contributed by atoms with van der Waals surface area (Å²) in [5.74, 6) is 0.957. The summed E-state index contributed by atoms with van der Waals surface area (Å²) in [4.78, 5) is 28.4. The van der Waals surface area contributed by atoms with Crippen LogP contribution in [0.25, 0.3) is 0 Å². The molecule has 1 heterocycles. The van der Waals surface area contributed by atoms with E-state index in [4.69, 9.17) is 4.74 Å². The highest BCUT2D eigenvalue weighted by atomic mass is 16.5. The summed E-state index contributed by atoms with van der Waals surface area (Å²) in [5.41, 5.74) is 4.81. The van der Waals surface area contributed by atoms with Gasteiger partial charge in [-0.2, -0.15) is 0 Å². The molecule has 1 atom stereocenters. The number of ether oxygens (including phenoxy) is 1. The summed E-state index contributed by atoms with van der Waals surface area (Å²) < 4.78 is 5.20. The van der Waals surface area contributed by atoms with Crippen molar-refractivity contribution in [3.05, 3.63) is 65.4 Å². The third kappa shape index (κ3) is 5.11. The molecular weight excluding hydrogens is 426 g/mol. The molecule has 0 spiro atoms. The first kappa shape index (κ1) is 23.9. The monoisotopic (exact) mass is 461 g/mol. The van der Waals surface area contributed by atoms with Crippen molar-refractivity contribution < 1.29 is 14.3 Å². The van der Waals surface area contributed by atoms with E-state index >= 15 is 0 Å². The lowest BCUT2D eigenvalue weighted by molar-refractivity contribution is -0.120. The number of carbonyl (C=O) groups excluding carboxylic acids is 2. The van der Waals surface area contributed by atoms with E-state index in [0.29, 0.717) is 13.0 Å². The molecule has 0 radical (unpaired) electrons. The number of benzene rings is 2. The van der Waals surface area contributed by atoms with E-state index in [0.717, 1.165) is 53.2 Å². The highest BCUT2D eigenvalue weighted by molar-refractivity contribution is 6.01. The van der Waals surface area contributed by atoms with Gasteiger partial charge in [0.15, 0.2) is 5.78 Å². The number of nitrogens with zero attached hydrogens (tertiary/aromatic N) is 1. The molecule has 2 N–H and O–H groups in total. The van der Waals surface area contributed by atoms with Gasteiger partial charge in [-0.3, -0.25) is 9.59 Å². The molecule has 0 fully saturated rings. The second kappa shape index (κ2) is 9.92. The molecule has 0 aromatic heterocycles. The number of fused-ring (bicyclic) bond motifs is 1. The van der Waals surface area contributed by atoms with Crippen molar-refractivity contribution in [2.45, 2.75) is 52.5 Å². The zero-order valence-electron chi connectivity index (χ0n) is 20.6. The molecule has 6 heteroatoms. The van der Waals surface area contributed by atoms with E-state index in [1.807, 2.05) is 48.5 Å². The van der Waals surface area contributed by atoms with Crippen LogP contribution in [-0.2, 0) is 16.0 Å². The van der Waals surface area contributed by atoms with Gasteiger partial charge in [-0.15, -0.1) is 0 Å². The molecule has 1 amide bonds. The van der Waals surface area contributed by atoms with Gasteiger partial charge in [0, 0.05) is 24.2 Å². The minimum Gasteiger partial charge on any atom is -0.497 e. The van der Waals surface area contributed by atoms with Crippen molar-refractivity contribution in [3.63, 3.8) is 0 Å². The Balaban J connectivity index is 1.53. The van der Waals surface area contributed by atoms with E-state index in [1.165, 1.54) is 0 Å². The Hall–Kier alpha value is -3.28. The summed E-state index contributed by atoms with van der Waals surface area (Å²) in [7, 11) is 1.65. The quantitative estimate of drug-likeness (QED) is 0.625. The first-order valence-electron chi connectivity index (χ1n) is 12.1. The highest BCUT2D eigenvalue weighted by Gasteiger charge is 2.40. The molecule has 0 saturated heterocycles. The number of amides is 1. The number of Topliss-reactive ketones (excluding diaryl/α,β-unsaturated/α-hetero) is 1. The zero-order chi connectivity index (χ0) is 24.3. The van der Waals surface area contributed by atoms with Crippen LogP contribution in [0.2, 0.25) is 0 Å². The third-order valence-electron chi connectivity index (χ3n) is 6.72. The normalized spacial score (nSPS) is 19.0. The van der Waals surface area contributed by atoms with Gasteiger partial charge in [-0.05, 0) is 54.5 Å². The van der Waals surface area contributed by atoms with E-state index in [-0.39, 0.29) is 29.7 Å². The average molecular weight is 462 g/mol. The van der Waals surface area contributed by atoms with Crippen LogP contribution in [0.5, 0.6) is 5.75 Å². The fourth-order valence-electron chi connectivity index (χ4n) is 5.12. The van der Waals surface area contributed by atoms with Crippen molar-refractivity contribution in [3.8, 4) is 5.75 Å². The number of anilines is 2. The lowest BCUT2D eigenvalue weighted by Gasteiger charge is -2.37. The number of rotatable bonds is 7. The van der Waals surface area contributed by atoms with E-state index in [1.54, 1.807) is 7.11 Å². The van der Waals surface area contributed by atoms with Gasteiger partial charge >= 0.3 is 0 Å². The summed E-state index contributed by atoms with van der Waals surface area (Å²) in [6.45, 7) is 7.12. The molecule has 0 bridgehead atoms. The third-order valence-corrected chi connectivity index (χ3v) is 6.72. The summed E-state index contributed by atoms with van der Waals surface area (Å²) >= 11 is 0. The van der Waals surface area contributed by atoms with Gasteiger partial charge in [0.05, 0.1) is 31.1 Å². The van der Waals surface area contributed by atoms with Crippen LogP contribution in [0.3, 0.4) is 0 Å². The van der Waals surface area contributed by atoms with Crippen molar-refractivity contribution in [1.82, 2.24) is 5.32 Å². The predicted octanol–water partition coefficient (Wildman–Crippen LogP) is 4.71. The molecule has 1 aliphatic carbocycles. The topological polar surface area (TPSA) is 70.7 Å². The summed E-state index contributed by atoms with van der Waals surface area (Å²) in [6, 6.07) is 15.8. The van der Waals surface area contributed by atoms with Crippen LogP contribution >= 0.6 is 0 Å². The van der Waals surface area contributed by atoms with E-state index in [2.05, 4.69) is 36.3 Å². The largest absolute Gasteiger partial charge is 0.497 e. The molecule has 6 nitrogen and oxygen atoms in total. The number of allylic oxidation sites excluding steroid dienone is 1. The van der Waals surface area contributed by atoms with Crippen LogP contribution in [0.4, 0.5) is 11.4 Å². The molecule has 2 aromatic carbocycles. The number of nitrogens with one attached hydrogen (secondary N) is 2. The molecule has 2 aliphatic rings.